The molecule has 210 valence electrons. The van der Waals surface area contributed by atoms with Gasteiger partial charge >= 0.3 is 5.97 Å². The molecule has 0 spiro atoms. The molecule has 0 saturated heterocycles. The minimum Gasteiger partial charge on any atom is -0.480 e. The zero-order valence-electron chi connectivity index (χ0n) is 23.8. The van der Waals surface area contributed by atoms with Crippen LogP contribution in [0.5, 0.6) is 0 Å². The first-order chi connectivity index (χ1) is 18.4. The average molecular weight is 526 g/mol. The van der Waals surface area contributed by atoms with E-state index in [0.717, 1.165) is 89.8 Å². The number of hydrogen-bond acceptors (Lipinski definition) is 7. The summed E-state index contributed by atoms with van der Waals surface area (Å²) in [6.07, 6.45) is 7.18. The molecule has 1 aliphatic heterocycles. The molecule has 0 unspecified atom stereocenters. The maximum Gasteiger partial charge on any atom is 0.320 e. The predicted octanol–water partition coefficient (Wildman–Crippen LogP) is 3.54. The van der Waals surface area contributed by atoms with Crippen LogP contribution in [0.3, 0.4) is 0 Å². The first-order valence-corrected chi connectivity index (χ1v) is 14.1. The summed E-state index contributed by atoms with van der Waals surface area (Å²) in [6, 6.07) is 8.46. The van der Waals surface area contributed by atoms with Crippen LogP contribution in [-0.2, 0) is 24.4 Å². The van der Waals surface area contributed by atoms with E-state index in [0.29, 0.717) is 6.42 Å². The maximum absolute atomic E-state index is 11.9. The summed E-state index contributed by atoms with van der Waals surface area (Å²) in [5.41, 5.74) is 2.53. The Morgan fingerprint density at radius 1 is 1.05 bits per heavy atom. The minimum absolute atomic E-state index is 0.387. The van der Waals surface area contributed by atoms with E-state index >= 15 is 0 Å². The minimum atomic E-state index is -0.696. The molecule has 2 N–H and O–H groups in total. The van der Waals surface area contributed by atoms with Gasteiger partial charge in [-0.05, 0) is 63.5 Å². The summed E-state index contributed by atoms with van der Waals surface area (Å²) >= 11 is 0. The van der Waals surface area contributed by atoms with Gasteiger partial charge in [-0.15, -0.1) is 0 Å². The van der Waals surface area contributed by atoms with Crippen molar-refractivity contribution in [3.8, 4) is 0 Å². The highest BCUT2D eigenvalue weighted by Crippen LogP contribution is 2.14. The van der Waals surface area contributed by atoms with E-state index in [1.807, 2.05) is 6.20 Å². The molecule has 0 fully saturated rings. The monoisotopic (exact) mass is 525 g/mol. The summed E-state index contributed by atoms with van der Waals surface area (Å²) in [7, 11) is 4.22. The fraction of sp³-hybridized carbons (Fsp3) is 0.621. The molecule has 0 saturated carbocycles. The number of nitrogens with one attached hydrogen (secondary N) is 1. The van der Waals surface area contributed by atoms with Crippen LogP contribution in [0, 0.1) is 0 Å². The second kappa shape index (κ2) is 15.6. The Bertz CT molecular complexity index is 971. The molecule has 2 aromatic rings. The third-order valence-corrected chi connectivity index (χ3v) is 7.11. The SMILES string of the molecule is CCCN(CCC)[C@@H](CCCN(C)Cc1ccc(CN(CC2=NCCN2C)Cc2ncc[nH]2)cc1)C(=O)O. The van der Waals surface area contributed by atoms with Gasteiger partial charge in [0.05, 0.1) is 19.6 Å². The first-order valence-electron chi connectivity index (χ1n) is 14.1. The van der Waals surface area contributed by atoms with Gasteiger partial charge in [-0.3, -0.25) is 19.6 Å². The Balaban J connectivity index is 1.50. The van der Waals surface area contributed by atoms with E-state index in [1.54, 1.807) is 6.20 Å². The van der Waals surface area contributed by atoms with Crippen molar-refractivity contribution < 1.29 is 9.90 Å². The number of rotatable bonds is 18. The number of aromatic nitrogens is 2. The number of benzene rings is 1. The number of H-pyrrole nitrogens is 1. The maximum atomic E-state index is 11.9. The van der Waals surface area contributed by atoms with Crippen LogP contribution in [-0.4, -0.2) is 106 Å². The summed E-state index contributed by atoms with van der Waals surface area (Å²) < 4.78 is 0. The summed E-state index contributed by atoms with van der Waals surface area (Å²) in [5.74, 6) is 1.40. The Morgan fingerprint density at radius 2 is 1.74 bits per heavy atom. The lowest BCUT2D eigenvalue weighted by Crippen LogP contribution is -2.42. The Kier molecular flexibility index (Phi) is 12.2. The van der Waals surface area contributed by atoms with Crippen molar-refractivity contribution in [1.82, 2.24) is 29.6 Å². The quantitative estimate of drug-likeness (QED) is 0.308. The number of imidazole rings is 1. The van der Waals surface area contributed by atoms with Gasteiger partial charge in [-0.2, -0.15) is 0 Å². The molecule has 0 radical (unpaired) electrons. The van der Waals surface area contributed by atoms with Crippen LogP contribution < -0.4 is 0 Å². The lowest BCUT2D eigenvalue weighted by molar-refractivity contribution is -0.143. The van der Waals surface area contributed by atoms with Crippen LogP contribution in [0.4, 0.5) is 0 Å². The fourth-order valence-electron chi connectivity index (χ4n) is 5.13. The third kappa shape index (κ3) is 9.53. The molecule has 0 aliphatic carbocycles. The molecular weight excluding hydrogens is 478 g/mol. The van der Waals surface area contributed by atoms with Crippen molar-refractivity contribution in [2.24, 2.45) is 4.99 Å². The summed E-state index contributed by atoms with van der Waals surface area (Å²) in [6.45, 7) is 11.9. The number of aromatic amines is 1. The molecule has 1 aromatic heterocycles. The number of aliphatic imine (C=N–C) groups is 1. The van der Waals surface area contributed by atoms with Gasteiger partial charge in [0.25, 0.3) is 0 Å². The molecule has 3 rings (SSSR count). The molecule has 1 atom stereocenters. The summed E-state index contributed by atoms with van der Waals surface area (Å²) in [4.78, 5) is 33.2. The Hall–Kier alpha value is -2.75. The van der Waals surface area contributed by atoms with Crippen LogP contribution in [0.25, 0.3) is 0 Å². The van der Waals surface area contributed by atoms with Gasteiger partial charge in [0, 0.05) is 39.1 Å². The Labute approximate surface area is 228 Å². The van der Waals surface area contributed by atoms with Crippen LogP contribution in [0.1, 0.15) is 56.5 Å². The molecule has 0 bridgehead atoms. The highest BCUT2D eigenvalue weighted by atomic mass is 16.4. The topological polar surface area (TPSA) is 91.3 Å². The predicted molar refractivity (Wildman–Crippen MR) is 153 cm³/mol. The lowest BCUT2D eigenvalue weighted by Gasteiger charge is -2.28. The number of nitrogens with zero attached hydrogens (tertiary/aromatic N) is 6. The van der Waals surface area contributed by atoms with Crippen molar-refractivity contribution >= 4 is 11.8 Å². The second-order valence-electron chi connectivity index (χ2n) is 10.5. The highest BCUT2D eigenvalue weighted by Gasteiger charge is 2.24. The molecular formula is C29H47N7O2. The number of likely N-dealkylation sites (N-methyl/N-ethyl adjacent to an activating group) is 1. The van der Waals surface area contributed by atoms with E-state index in [1.165, 1.54) is 11.1 Å². The molecule has 38 heavy (non-hydrogen) atoms. The zero-order chi connectivity index (χ0) is 27.3. The van der Waals surface area contributed by atoms with Crippen LogP contribution in [0.15, 0.2) is 41.7 Å². The molecule has 1 aromatic carbocycles. The van der Waals surface area contributed by atoms with Crippen LogP contribution >= 0.6 is 0 Å². The van der Waals surface area contributed by atoms with Gasteiger partial charge in [0.15, 0.2) is 0 Å². The van der Waals surface area contributed by atoms with Gasteiger partial charge in [0.2, 0.25) is 0 Å². The highest BCUT2D eigenvalue weighted by molar-refractivity contribution is 5.85. The first kappa shape index (κ1) is 29.8. The van der Waals surface area contributed by atoms with Gasteiger partial charge in [-0.25, -0.2) is 4.98 Å². The van der Waals surface area contributed by atoms with Gasteiger partial charge in [-0.1, -0.05) is 38.1 Å². The largest absolute Gasteiger partial charge is 0.480 e. The van der Waals surface area contributed by atoms with Crippen molar-refractivity contribution in [2.75, 3.05) is 53.4 Å². The smallest absolute Gasteiger partial charge is 0.320 e. The van der Waals surface area contributed by atoms with Crippen molar-refractivity contribution in [2.45, 2.75) is 65.2 Å². The number of carbonyl (C=O) groups is 1. The van der Waals surface area contributed by atoms with Crippen molar-refractivity contribution in [3.63, 3.8) is 0 Å². The lowest BCUT2D eigenvalue weighted by atomic mass is 10.1. The van der Waals surface area contributed by atoms with Crippen molar-refractivity contribution in [3.05, 3.63) is 53.6 Å². The van der Waals surface area contributed by atoms with E-state index in [4.69, 9.17) is 0 Å². The summed E-state index contributed by atoms with van der Waals surface area (Å²) in [5, 5.41) is 9.78. The number of amidine groups is 1. The second-order valence-corrected chi connectivity index (χ2v) is 10.5. The normalized spacial score (nSPS) is 14.6. The molecule has 1 aliphatic rings. The van der Waals surface area contributed by atoms with E-state index in [9.17, 15) is 9.90 Å². The molecule has 9 nitrogen and oxygen atoms in total. The van der Waals surface area contributed by atoms with Gasteiger partial charge in [0.1, 0.15) is 17.7 Å². The van der Waals surface area contributed by atoms with E-state index in [2.05, 4.69) is 86.8 Å². The average Bonchev–Trinajstić information content (AvgIpc) is 3.54. The fourth-order valence-corrected chi connectivity index (χ4v) is 5.13. The zero-order valence-corrected chi connectivity index (χ0v) is 23.8. The molecule has 0 amide bonds. The van der Waals surface area contributed by atoms with E-state index in [-0.39, 0.29) is 6.04 Å². The number of carboxylic acids is 1. The van der Waals surface area contributed by atoms with Crippen LogP contribution in [0.2, 0.25) is 0 Å². The van der Waals surface area contributed by atoms with E-state index < -0.39 is 5.97 Å². The Morgan fingerprint density at radius 3 is 2.29 bits per heavy atom. The number of hydrogen-bond donors (Lipinski definition) is 2. The van der Waals surface area contributed by atoms with Crippen molar-refractivity contribution in [1.29, 1.82) is 0 Å². The molecule has 2 heterocycles. The third-order valence-electron chi connectivity index (χ3n) is 7.11. The standard InChI is InChI=1S/C29H47N7O2/c1-5-16-36(17-6-2)26(29(37)38)8-7-18-33(3)20-24-9-11-25(12-10-24)21-35(22-27-30-13-14-31-27)23-28-32-15-19-34(28)4/h9-14,26H,5-8,15-23H2,1-4H3,(H,30,31)(H,37,38)/t26-/m0/s1. The molecule has 9 heteroatoms. The van der Waals surface area contributed by atoms with Gasteiger partial charge < -0.3 is 19.9 Å². The number of aliphatic carboxylic acids is 1. The number of carboxylic acid groups (broad SMARTS) is 1.